The first kappa shape index (κ1) is 26.2. The molecular weight excluding hydrogens is 484 g/mol. The summed E-state index contributed by atoms with van der Waals surface area (Å²) >= 11 is 0. The summed E-state index contributed by atoms with van der Waals surface area (Å²) in [5, 5.41) is 44.1. The molecule has 0 radical (unpaired) electrons. The Kier molecular flexibility index (Phi) is 6.12. The van der Waals surface area contributed by atoms with Crippen LogP contribution in [0.2, 0.25) is 0 Å². The van der Waals surface area contributed by atoms with Crippen LogP contribution in [0.25, 0.3) is 0 Å². The summed E-state index contributed by atoms with van der Waals surface area (Å²) in [6.07, 6.45) is -0.192. The number of nitrogens with zero attached hydrogens (tertiary/aromatic N) is 1. The number of rotatable bonds is 5. The highest BCUT2D eigenvalue weighted by molar-refractivity contribution is 6.44. The lowest BCUT2D eigenvalue weighted by Gasteiger charge is -2.50. The van der Waals surface area contributed by atoms with E-state index < -0.39 is 81.3 Å². The number of allylic oxidation sites excluding steroid dienone is 1. The van der Waals surface area contributed by atoms with E-state index in [1.165, 1.54) is 25.1 Å². The molecule has 0 fully saturated rings. The molecule has 6 N–H and O–H groups in total. The summed E-state index contributed by atoms with van der Waals surface area (Å²) in [7, 11) is 3.05. The van der Waals surface area contributed by atoms with Gasteiger partial charge in [0.25, 0.3) is 5.91 Å². The van der Waals surface area contributed by atoms with E-state index in [0.29, 0.717) is 0 Å². The Morgan fingerprint density at radius 3 is 2.27 bits per heavy atom. The number of fused-ring (bicyclic) bond motifs is 3. The molecule has 11 heteroatoms. The number of aromatic hydroxyl groups is 1. The molecule has 0 saturated heterocycles. The molecule has 37 heavy (non-hydrogen) atoms. The maximum atomic E-state index is 13.6. The average molecular weight is 513 g/mol. The average Bonchev–Trinajstić information content (AvgIpc) is 2.80. The fraction of sp³-hybridized carbons (Fsp3) is 0.423. The summed E-state index contributed by atoms with van der Waals surface area (Å²) in [6, 6.07) is 1.23. The molecule has 1 aromatic carbocycles. The number of hydrogen-bond donors (Lipinski definition) is 5. The number of aliphatic hydroxyl groups excluding tert-OH is 2. The van der Waals surface area contributed by atoms with Gasteiger partial charge in [-0.3, -0.25) is 28.9 Å². The van der Waals surface area contributed by atoms with Gasteiger partial charge in [-0.2, -0.15) is 0 Å². The predicted molar refractivity (Wildman–Crippen MR) is 128 cm³/mol. The van der Waals surface area contributed by atoms with Crippen molar-refractivity contribution < 1.29 is 44.4 Å². The quantitative estimate of drug-likeness (QED) is 0.211. The Bertz CT molecular complexity index is 1350. The van der Waals surface area contributed by atoms with Gasteiger partial charge in [-0.25, -0.2) is 0 Å². The number of benzene rings is 1. The van der Waals surface area contributed by atoms with Crippen LogP contribution in [0, 0.1) is 17.8 Å². The summed E-state index contributed by atoms with van der Waals surface area (Å²) in [5.41, 5.74) is 1.08. The standard InChI is InChI=1S/C26H28N2O9/c1-9(2)19(30)20(31)11-5-6-14(29)16-12(11)7-10-8-13-18(28(3)4)22(33)17(25(27)36)24(35)26(13,37)23(34)15(10)21(16)32/h5-6,9-10,13,18,29,33-34,37H,7-8H2,1-4H3,(H2,27,36). The Morgan fingerprint density at radius 2 is 1.73 bits per heavy atom. The van der Waals surface area contributed by atoms with Crippen molar-refractivity contribution in [3.05, 3.63) is 51.5 Å². The van der Waals surface area contributed by atoms with Gasteiger partial charge >= 0.3 is 0 Å². The minimum absolute atomic E-state index is 0.0538. The van der Waals surface area contributed by atoms with Crippen LogP contribution in [0.3, 0.4) is 0 Å². The highest BCUT2D eigenvalue weighted by Gasteiger charge is 2.63. The Balaban J connectivity index is 1.95. The first-order valence-corrected chi connectivity index (χ1v) is 11.7. The highest BCUT2D eigenvalue weighted by Crippen LogP contribution is 2.52. The van der Waals surface area contributed by atoms with Crippen molar-refractivity contribution in [1.82, 2.24) is 4.90 Å². The number of phenols is 1. The molecule has 0 bridgehead atoms. The lowest BCUT2D eigenvalue weighted by Crippen LogP contribution is -2.63. The molecule has 0 aliphatic heterocycles. The van der Waals surface area contributed by atoms with E-state index in [4.69, 9.17) is 5.73 Å². The van der Waals surface area contributed by atoms with Crippen molar-refractivity contribution in [2.24, 2.45) is 23.5 Å². The third-order valence-electron chi connectivity index (χ3n) is 7.60. The Hall–Kier alpha value is -3.83. The van der Waals surface area contributed by atoms with Crippen LogP contribution in [-0.4, -0.2) is 80.1 Å². The first-order chi connectivity index (χ1) is 17.2. The number of likely N-dealkylation sites (N-methyl/N-ethyl adjacent to an activating group) is 1. The van der Waals surface area contributed by atoms with E-state index in [1.54, 1.807) is 13.8 Å². The van der Waals surface area contributed by atoms with Gasteiger partial charge in [-0.05, 0) is 50.6 Å². The SMILES string of the molecule is CC(C)C(=O)C(=O)c1ccc(O)c2c1CC1CC3C(N(C)C)C(O)=C(C(N)=O)C(=O)C3(O)C(O)=C1C2=O. The molecule has 11 nitrogen and oxygen atoms in total. The lowest BCUT2D eigenvalue weighted by atomic mass is 9.58. The van der Waals surface area contributed by atoms with E-state index in [2.05, 4.69) is 0 Å². The van der Waals surface area contributed by atoms with Crippen molar-refractivity contribution in [1.29, 1.82) is 0 Å². The van der Waals surface area contributed by atoms with Gasteiger partial charge in [0, 0.05) is 23.0 Å². The number of nitrogens with two attached hydrogens (primary N) is 1. The third-order valence-corrected chi connectivity index (χ3v) is 7.60. The van der Waals surface area contributed by atoms with Gasteiger partial charge in [0.2, 0.25) is 17.3 Å². The number of carbonyl (C=O) groups excluding carboxylic acids is 5. The maximum Gasteiger partial charge on any atom is 0.255 e. The highest BCUT2D eigenvalue weighted by atomic mass is 16.3. The van der Waals surface area contributed by atoms with E-state index in [-0.39, 0.29) is 35.1 Å². The topological polar surface area (TPSA) is 196 Å². The summed E-state index contributed by atoms with van der Waals surface area (Å²) in [5.74, 6) is -9.88. The van der Waals surface area contributed by atoms with E-state index in [9.17, 15) is 44.4 Å². The van der Waals surface area contributed by atoms with Crippen LogP contribution in [0.1, 0.15) is 46.5 Å². The number of carbonyl (C=O) groups is 5. The predicted octanol–water partition coefficient (Wildman–Crippen LogP) is 0.528. The first-order valence-electron chi connectivity index (χ1n) is 11.7. The number of amides is 1. The molecule has 4 rings (SSSR count). The van der Waals surface area contributed by atoms with Gasteiger partial charge in [0.1, 0.15) is 22.8 Å². The summed E-state index contributed by atoms with van der Waals surface area (Å²) in [6.45, 7) is 3.11. The summed E-state index contributed by atoms with van der Waals surface area (Å²) < 4.78 is 0. The molecule has 4 unspecified atom stereocenters. The second-order valence-electron chi connectivity index (χ2n) is 10.3. The van der Waals surface area contributed by atoms with Crippen molar-refractivity contribution in [3.8, 4) is 5.75 Å². The third kappa shape index (κ3) is 3.52. The second-order valence-corrected chi connectivity index (χ2v) is 10.3. The zero-order chi connectivity index (χ0) is 27.7. The zero-order valence-corrected chi connectivity index (χ0v) is 20.7. The smallest absolute Gasteiger partial charge is 0.255 e. The van der Waals surface area contributed by atoms with Crippen LogP contribution in [0.4, 0.5) is 0 Å². The molecule has 0 heterocycles. The van der Waals surface area contributed by atoms with Crippen molar-refractivity contribution >= 4 is 29.0 Å². The molecule has 4 atom stereocenters. The molecule has 0 spiro atoms. The second kappa shape index (κ2) is 8.63. The Morgan fingerprint density at radius 1 is 1.11 bits per heavy atom. The van der Waals surface area contributed by atoms with Crippen LogP contribution >= 0.6 is 0 Å². The fourth-order valence-corrected chi connectivity index (χ4v) is 5.86. The number of Topliss-reactive ketones (excluding diaryl/α,β-unsaturated/α-hetero) is 4. The minimum Gasteiger partial charge on any atom is -0.510 e. The normalized spacial score (nSPS) is 27.3. The lowest BCUT2D eigenvalue weighted by molar-refractivity contribution is -0.148. The molecule has 1 amide bonds. The zero-order valence-electron chi connectivity index (χ0n) is 20.7. The van der Waals surface area contributed by atoms with Gasteiger partial charge in [-0.15, -0.1) is 0 Å². The molecule has 0 saturated carbocycles. The fourth-order valence-electron chi connectivity index (χ4n) is 5.86. The van der Waals surface area contributed by atoms with Crippen molar-refractivity contribution in [2.75, 3.05) is 14.1 Å². The van der Waals surface area contributed by atoms with Gasteiger partial charge in [-0.1, -0.05) is 13.8 Å². The summed E-state index contributed by atoms with van der Waals surface area (Å²) in [4.78, 5) is 65.7. The van der Waals surface area contributed by atoms with Gasteiger partial charge < -0.3 is 26.2 Å². The van der Waals surface area contributed by atoms with Crippen molar-refractivity contribution in [2.45, 2.75) is 38.3 Å². The number of aliphatic hydroxyl groups is 3. The van der Waals surface area contributed by atoms with Crippen molar-refractivity contribution in [3.63, 3.8) is 0 Å². The molecule has 1 aromatic rings. The monoisotopic (exact) mass is 512 g/mol. The molecule has 0 aromatic heterocycles. The van der Waals surface area contributed by atoms with E-state index >= 15 is 0 Å². The van der Waals surface area contributed by atoms with Crippen LogP contribution < -0.4 is 5.73 Å². The number of primary amides is 1. The number of ketones is 4. The van der Waals surface area contributed by atoms with Crippen LogP contribution in [0.15, 0.2) is 34.8 Å². The van der Waals surface area contributed by atoms with Crippen LogP contribution in [0.5, 0.6) is 5.75 Å². The Labute approximate surface area is 211 Å². The largest absolute Gasteiger partial charge is 0.510 e. The van der Waals surface area contributed by atoms with E-state index in [1.807, 2.05) is 0 Å². The number of hydrogen-bond acceptors (Lipinski definition) is 10. The minimum atomic E-state index is -2.75. The van der Waals surface area contributed by atoms with E-state index in [0.717, 1.165) is 6.07 Å². The van der Waals surface area contributed by atoms with Crippen LogP contribution in [-0.2, 0) is 20.8 Å². The van der Waals surface area contributed by atoms with Gasteiger partial charge in [0.05, 0.1) is 11.6 Å². The molecule has 3 aliphatic carbocycles. The maximum absolute atomic E-state index is 13.6. The molecular formula is C26H28N2O9. The number of phenolic OH excluding ortho intramolecular Hbond substituents is 1. The molecule has 3 aliphatic rings. The molecule has 196 valence electrons. The van der Waals surface area contributed by atoms with Gasteiger partial charge in [0.15, 0.2) is 11.4 Å².